The van der Waals surface area contributed by atoms with Crippen molar-refractivity contribution in [3.8, 4) is 0 Å². The Bertz CT molecular complexity index is 1270. The van der Waals surface area contributed by atoms with Crippen LogP contribution >= 0.6 is 11.3 Å². The first-order valence-corrected chi connectivity index (χ1v) is 11.8. The number of rotatable bonds is 6. The van der Waals surface area contributed by atoms with Crippen molar-refractivity contribution >= 4 is 43.3 Å². The number of hydrogen-bond donors (Lipinski definition) is 0. The molecule has 1 heterocycles. The molecule has 0 saturated carbocycles. The monoisotopic (exact) mass is 446 g/mol. The number of nitrogens with zero attached hydrogens (tertiary/aromatic N) is 2. The summed E-state index contributed by atoms with van der Waals surface area (Å²) in [5.41, 5.74) is 3.35. The van der Waals surface area contributed by atoms with Crippen molar-refractivity contribution < 1.29 is 22.7 Å². The smallest absolute Gasteiger partial charge is 0.325 e. The molecule has 0 unspecified atom stereocenters. The minimum atomic E-state index is -3.68. The van der Waals surface area contributed by atoms with E-state index in [1.807, 2.05) is 26.0 Å². The highest BCUT2D eigenvalue weighted by atomic mass is 32.2. The Balaban J connectivity index is 1.98. The van der Waals surface area contributed by atoms with Gasteiger partial charge in [0.05, 0.1) is 23.1 Å². The molecule has 30 heavy (non-hydrogen) atoms. The van der Waals surface area contributed by atoms with E-state index in [1.54, 1.807) is 34.9 Å². The van der Waals surface area contributed by atoms with Crippen LogP contribution in [0.5, 0.6) is 0 Å². The number of methoxy groups -OCH3 is 1. The Morgan fingerprint density at radius 1 is 1.13 bits per heavy atom. The highest BCUT2D eigenvalue weighted by Crippen LogP contribution is 2.23. The Morgan fingerprint density at radius 3 is 2.50 bits per heavy atom. The van der Waals surface area contributed by atoms with Gasteiger partial charge in [-0.1, -0.05) is 47.7 Å². The average molecular weight is 447 g/mol. The fourth-order valence-corrected chi connectivity index (χ4v) is 5.49. The molecule has 0 atom stereocenters. The fourth-order valence-electron chi connectivity index (χ4n) is 3.15. The molecule has 9 heteroatoms. The van der Waals surface area contributed by atoms with Gasteiger partial charge in [0, 0.05) is 0 Å². The van der Waals surface area contributed by atoms with E-state index in [0.717, 1.165) is 21.3 Å². The topological polar surface area (TPSA) is 94.8 Å². The van der Waals surface area contributed by atoms with Gasteiger partial charge in [0.25, 0.3) is 5.91 Å². The predicted octanol–water partition coefficient (Wildman–Crippen LogP) is 2.53. The maximum absolute atomic E-state index is 12.5. The van der Waals surface area contributed by atoms with Crippen LogP contribution in [-0.4, -0.2) is 37.7 Å². The van der Waals surface area contributed by atoms with E-state index >= 15 is 0 Å². The normalized spacial score (nSPS) is 12.3. The quantitative estimate of drug-likeness (QED) is 0.542. The van der Waals surface area contributed by atoms with E-state index in [0.29, 0.717) is 5.56 Å². The lowest BCUT2D eigenvalue weighted by molar-refractivity contribution is -0.141. The van der Waals surface area contributed by atoms with Crippen LogP contribution in [0.15, 0.2) is 47.5 Å². The summed E-state index contributed by atoms with van der Waals surface area (Å²) in [4.78, 5) is 28.7. The Labute approximate surface area is 178 Å². The molecule has 0 radical (unpaired) electrons. The van der Waals surface area contributed by atoms with Gasteiger partial charge >= 0.3 is 5.97 Å². The van der Waals surface area contributed by atoms with E-state index in [1.165, 1.54) is 18.4 Å². The zero-order chi connectivity index (χ0) is 21.9. The second kappa shape index (κ2) is 8.93. The molecule has 7 nitrogen and oxygen atoms in total. The van der Waals surface area contributed by atoms with Gasteiger partial charge in [-0.05, 0) is 36.6 Å². The number of amides is 1. The Hall–Kier alpha value is -2.78. The molecule has 0 aliphatic rings. The van der Waals surface area contributed by atoms with Gasteiger partial charge in [0.2, 0.25) is 0 Å². The van der Waals surface area contributed by atoms with E-state index in [4.69, 9.17) is 4.74 Å². The summed E-state index contributed by atoms with van der Waals surface area (Å²) < 4.78 is 32.1. The molecule has 0 aliphatic heterocycles. The van der Waals surface area contributed by atoms with E-state index in [9.17, 15) is 18.0 Å². The van der Waals surface area contributed by atoms with Gasteiger partial charge < -0.3 is 9.30 Å². The summed E-state index contributed by atoms with van der Waals surface area (Å²) >= 11 is 1.24. The third kappa shape index (κ3) is 5.22. The number of fused-ring (bicyclic) bond motifs is 1. The second-order valence-electron chi connectivity index (χ2n) is 7.00. The SMILES string of the molecule is COC(=O)Cn1c(=NC(=O)CS(=O)(=O)Cc2ccccc2)sc2c(C)cc(C)cc21. The molecule has 0 aliphatic carbocycles. The lowest BCUT2D eigenvalue weighted by Crippen LogP contribution is -2.24. The summed E-state index contributed by atoms with van der Waals surface area (Å²) in [7, 11) is -2.40. The molecule has 0 N–H and O–H groups in total. The van der Waals surface area contributed by atoms with Gasteiger partial charge in [-0.25, -0.2) is 8.42 Å². The number of carbonyl (C=O) groups is 2. The molecule has 3 aromatic rings. The summed E-state index contributed by atoms with van der Waals surface area (Å²) in [6.07, 6.45) is 0. The van der Waals surface area contributed by atoms with Gasteiger partial charge in [-0.2, -0.15) is 4.99 Å². The molecular weight excluding hydrogens is 424 g/mol. The average Bonchev–Trinajstić information content (AvgIpc) is 2.99. The molecule has 158 valence electrons. The number of ether oxygens (including phenoxy) is 1. The van der Waals surface area contributed by atoms with Crippen molar-refractivity contribution in [3.05, 3.63) is 64.0 Å². The lowest BCUT2D eigenvalue weighted by Gasteiger charge is -2.05. The lowest BCUT2D eigenvalue weighted by atomic mass is 10.1. The van der Waals surface area contributed by atoms with Crippen molar-refractivity contribution in [2.45, 2.75) is 26.1 Å². The van der Waals surface area contributed by atoms with Gasteiger partial charge in [-0.15, -0.1) is 0 Å². The van der Waals surface area contributed by atoms with Gasteiger partial charge in [0.1, 0.15) is 12.3 Å². The minimum absolute atomic E-state index is 0.123. The van der Waals surface area contributed by atoms with Crippen LogP contribution in [0, 0.1) is 13.8 Å². The summed E-state index contributed by atoms with van der Waals surface area (Å²) in [5.74, 6) is -2.20. The van der Waals surface area contributed by atoms with Crippen molar-refractivity contribution in [1.29, 1.82) is 0 Å². The minimum Gasteiger partial charge on any atom is -0.468 e. The zero-order valence-electron chi connectivity index (χ0n) is 16.9. The van der Waals surface area contributed by atoms with Crippen molar-refractivity contribution in [1.82, 2.24) is 4.57 Å². The largest absolute Gasteiger partial charge is 0.468 e. The molecule has 1 aromatic heterocycles. The van der Waals surface area contributed by atoms with E-state index < -0.39 is 27.5 Å². The third-order valence-electron chi connectivity index (χ3n) is 4.42. The summed E-state index contributed by atoms with van der Waals surface area (Å²) in [5, 5.41) is 0. The van der Waals surface area contributed by atoms with Crippen molar-refractivity contribution in [2.24, 2.45) is 4.99 Å². The number of thiazole rings is 1. The second-order valence-corrected chi connectivity index (χ2v) is 10.0. The van der Waals surface area contributed by atoms with Crippen LogP contribution in [0.1, 0.15) is 16.7 Å². The Kier molecular flexibility index (Phi) is 6.52. The molecule has 3 rings (SSSR count). The molecular formula is C21H22N2O5S2. The van der Waals surface area contributed by atoms with Crippen LogP contribution < -0.4 is 4.80 Å². The number of sulfone groups is 1. The van der Waals surface area contributed by atoms with Crippen molar-refractivity contribution in [2.75, 3.05) is 12.9 Å². The van der Waals surface area contributed by atoms with Crippen LogP contribution in [0.25, 0.3) is 10.2 Å². The molecule has 0 saturated heterocycles. The number of esters is 1. The maximum Gasteiger partial charge on any atom is 0.325 e. The molecule has 1 amide bonds. The van der Waals surface area contributed by atoms with Crippen LogP contribution in [0.2, 0.25) is 0 Å². The van der Waals surface area contributed by atoms with Crippen LogP contribution in [0.3, 0.4) is 0 Å². The third-order valence-corrected chi connectivity index (χ3v) is 7.11. The number of benzene rings is 2. The van der Waals surface area contributed by atoms with Crippen molar-refractivity contribution in [3.63, 3.8) is 0 Å². The molecule has 2 aromatic carbocycles. The number of aromatic nitrogens is 1. The van der Waals surface area contributed by atoms with Crippen LogP contribution in [0.4, 0.5) is 0 Å². The maximum atomic E-state index is 12.5. The molecule has 0 spiro atoms. The first-order chi connectivity index (χ1) is 14.2. The molecule has 0 bridgehead atoms. The zero-order valence-corrected chi connectivity index (χ0v) is 18.5. The predicted molar refractivity (Wildman–Crippen MR) is 116 cm³/mol. The Morgan fingerprint density at radius 2 is 1.83 bits per heavy atom. The highest BCUT2D eigenvalue weighted by Gasteiger charge is 2.19. The molecule has 0 fully saturated rings. The number of hydrogen-bond acceptors (Lipinski definition) is 6. The van der Waals surface area contributed by atoms with Gasteiger partial charge in [0.15, 0.2) is 14.6 Å². The first-order valence-electron chi connectivity index (χ1n) is 9.18. The van der Waals surface area contributed by atoms with E-state index in [-0.39, 0.29) is 17.1 Å². The standard InChI is InChI=1S/C21H22N2O5S2/c1-14-9-15(2)20-17(10-14)23(11-19(25)28-3)21(29-20)22-18(24)13-30(26,27)12-16-7-5-4-6-8-16/h4-10H,11-13H2,1-3H3. The summed E-state index contributed by atoms with van der Waals surface area (Å²) in [6, 6.07) is 12.6. The first kappa shape index (κ1) is 21.9. The van der Waals surface area contributed by atoms with Gasteiger partial charge in [-0.3, -0.25) is 9.59 Å². The number of aryl methyl sites for hydroxylation is 2. The van der Waals surface area contributed by atoms with E-state index in [2.05, 4.69) is 4.99 Å². The van der Waals surface area contributed by atoms with Crippen LogP contribution in [-0.2, 0) is 36.5 Å². The fraction of sp³-hybridized carbons (Fsp3) is 0.286. The number of carbonyl (C=O) groups excluding carboxylic acids is 2. The summed E-state index contributed by atoms with van der Waals surface area (Å²) in [6.45, 7) is 3.75. The highest BCUT2D eigenvalue weighted by molar-refractivity contribution is 7.91.